The van der Waals surface area contributed by atoms with E-state index in [9.17, 15) is 32.7 Å². The van der Waals surface area contributed by atoms with Gasteiger partial charge in [-0.15, -0.1) is 0 Å². The predicted molar refractivity (Wildman–Crippen MR) is 106 cm³/mol. The second-order valence-electron chi connectivity index (χ2n) is 7.89. The first kappa shape index (κ1) is 25.3. The fraction of sp³-hybridized carbons (Fsp3) is 0.550. The van der Waals surface area contributed by atoms with Crippen LogP contribution in [0.15, 0.2) is 24.3 Å². The average molecular weight is 431 g/mol. The van der Waals surface area contributed by atoms with Crippen molar-refractivity contribution in [3.8, 4) is 0 Å². The lowest BCUT2D eigenvalue weighted by Gasteiger charge is -2.23. The van der Waals surface area contributed by atoms with E-state index in [2.05, 4.69) is 16.0 Å². The van der Waals surface area contributed by atoms with Crippen molar-refractivity contribution in [1.82, 2.24) is 10.6 Å². The van der Waals surface area contributed by atoms with Crippen LogP contribution in [0, 0.1) is 11.8 Å². The van der Waals surface area contributed by atoms with E-state index in [-0.39, 0.29) is 30.4 Å². The summed E-state index contributed by atoms with van der Waals surface area (Å²) in [5.41, 5.74) is -1.01. The van der Waals surface area contributed by atoms with Crippen molar-refractivity contribution in [2.45, 2.75) is 58.8 Å². The third-order valence-electron chi connectivity index (χ3n) is 4.10. The maximum atomic E-state index is 12.8. The fourth-order valence-electron chi connectivity index (χ4n) is 2.77. The summed E-state index contributed by atoms with van der Waals surface area (Å²) in [6, 6.07) is 1.06. The molecular formula is C20H28F3N3O4. The number of urea groups is 1. The van der Waals surface area contributed by atoms with Gasteiger partial charge in [0, 0.05) is 5.69 Å². The molecule has 0 aliphatic heterocycles. The number of amides is 3. The quantitative estimate of drug-likeness (QED) is 0.476. The van der Waals surface area contributed by atoms with Gasteiger partial charge in [-0.25, -0.2) is 9.59 Å². The van der Waals surface area contributed by atoms with Crippen LogP contribution in [-0.4, -0.2) is 35.1 Å². The number of carbonyl (C=O) groups is 3. The molecule has 168 valence electrons. The molecular weight excluding hydrogens is 403 g/mol. The molecule has 3 amide bonds. The minimum absolute atomic E-state index is 0.0111. The van der Waals surface area contributed by atoms with Crippen LogP contribution in [0.5, 0.6) is 0 Å². The van der Waals surface area contributed by atoms with Crippen LogP contribution in [0.4, 0.5) is 23.7 Å². The Morgan fingerprint density at radius 1 is 0.967 bits per heavy atom. The van der Waals surface area contributed by atoms with Crippen molar-refractivity contribution in [3.05, 3.63) is 29.8 Å². The first-order chi connectivity index (χ1) is 13.8. The highest BCUT2D eigenvalue weighted by atomic mass is 19.4. The molecule has 0 aliphatic rings. The zero-order valence-corrected chi connectivity index (χ0v) is 17.3. The molecule has 7 nitrogen and oxygen atoms in total. The lowest BCUT2D eigenvalue weighted by Crippen LogP contribution is -2.53. The molecule has 0 saturated carbocycles. The summed E-state index contributed by atoms with van der Waals surface area (Å²) in [7, 11) is 0. The number of carboxylic acid groups (broad SMARTS) is 1. The van der Waals surface area contributed by atoms with E-state index in [0.717, 1.165) is 18.2 Å². The van der Waals surface area contributed by atoms with Crippen LogP contribution < -0.4 is 16.0 Å². The third kappa shape index (κ3) is 8.71. The van der Waals surface area contributed by atoms with E-state index < -0.39 is 41.7 Å². The molecule has 0 saturated heterocycles. The highest BCUT2D eigenvalue weighted by molar-refractivity contribution is 5.94. The van der Waals surface area contributed by atoms with Crippen molar-refractivity contribution in [1.29, 1.82) is 0 Å². The number of nitrogens with one attached hydrogen (secondary N) is 3. The number of rotatable bonds is 9. The van der Waals surface area contributed by atoms with E-state index >= 15 is 0 Å². The average Bonchev–Trinajstić information content (AvgIpc) is 2.59. The number of hydrogen-bond donors (Lipinski definition) is 4. The standard InChI is InChI=1S/C20H28F3N3O4/c1-11(2)8-15(17(27)25-16(18(28)29)9-12(3)4)26-19(30)24-14-7-5-6-13(10-14)20(21,22)23/h5-7,10-12,15-16H,8-9H2,1-4H3,(H,25,27)(H,28,29)(H2,24,26,30). The van der Waals surface area contributed by atoms with Gasteiger partial charge in [0.05, 0.1) is 5.56 Å². The van der Waals surface area contributed by atoms with Crippen molar-refractivity contribution in [3.63, 3.8) is 0 Å². The maximum Gasteiger partial charge on any atom is 0.416 e. The first-order valence-electron chi connectivity index (χ1n) is 9.57. The summed E-state index contributed by atoms with van der Waals surface area (Å²) < 4.78 is 38.4. The summed E-state index contributed by atoms with van der Waals surface area (Å²) in [5, 5.41) is 16.4. The molecule has 1 aromatic rings. The molecule has 4 N–H and O–H groups in total. The third-order valence-corrected chi connectivity index (χ3v) is 4.10. The molecule has 0 radical (unpaired) electrons. The number of alkyl halides is 3. The zero-order chi connectivity index (χ0) is 23.1. The lowest BCUT2D eigenvalue weighted by atomic mass is 10.0. The van der Waals surface area contributed by atoms with Crippen molar-refractivity contribution in [2.24, 2.45) is 11.8 Å². The Kier molecular flexibility index (Phi) is 9.13. The lowest BCUT2D eigenvalue weighted by molar-refractivity contribution is -0.142. The van der Waals surface area contributed by atoms with Crippen LogP contribution in [-0.2, 0) is 15.8 Å². The molecule has 0 heterocycles. The number of benzene rings is 1. The van der Waals surface area contributed by atoms with Gasteiger partial charge in [-0.2, -0.15) is 13.2 Å². The van der Waals surface area contributed by atoms with Gasteiger partial charge in [0.2, 0.25) is 5.91 Å². The smallest absolute Gasteiger partial charge is 0.416 e. The molecule has 30 heavy (non-hydrogen) atoms. The number of hydrogen-bond acceptors (Lipinski definition) is 3. The first-order valence-corrected chi connectivity index (χ1v) is 9.57. The predicted octanol–water partition coefficient (Wildman–Crippen LogP) is 3.86. The SMILES string of the molecule is CC(C)CC(NC(=O)C(CC(C)C)NC(=O)Nc1cccc(C(F)(F)F)c1)C(=O)O. The summed E-state index contributed by atoms with van der Waals surface area (Å²) in [5.74, 6) is -1.85. The van der Waals surface area contributed by atoms with Gasteiger partial charge in [-0.1, -0.05) is 33.8 Å². The van der Waals surface area contributed by atoms with Crippen LogP contribution in [0.25, 0.3) is 0 Å². The number of anilines is 1. The van der Waals surface area contributed by atoms with Crippen molar-refractivity contribution < 1.29 is 32.7 Å². The summed E-state index contributed by atoms with van der Waals surface area (Å²) in [6.07, 6.45) is -4.13. The van der Waals surface area contributed by atoms with Crippen molar-refractivity contribution >= 4 is 23.6 Å². The molecule has 0 aliphatic carbocycles. The summed E-state index contributed by atoms with van der Waals surface area (Å²) in [4.78, 5) is 36.2. The molecule has 0 fully saturated rings. The second-order valence-corrected chi connectivity index (χ2v) is 7.89. The normalized spacial score (nSPS) is 13.6. The molecule has 1 rings (SSSR count). The minimum Gasteiger partial charge on any atom is -0.480 e. The van der Waals surface area contributed by atoms with Gasteiger partial charge in [0.15, 0.2) is 0 Å². The topological polar surface area (TPSA) is 108 Å². The zero-order valence-electron chi connectivity index (χ0n) is 17.3. The number of carbonyl (C=O) groups excluding carboxylic acids is 2. The Bertz CT molecular complexity index is 751. The largest absolute Gasteiger partial charge is 0.480 e. The fourth-order valence-corrected chi connectivity index (χ4v) is 2.77. The van der Waals surface area contributed by atoms with E-state index in [1.54, 1.807) is 0 Å². The highest BCUT2D eigenvalue weighted by Gasteiger charge is 2.31. The Morgan fingerprint density at radius 3 is 2.03 bits per heavy atom. The molecule has 2 atom stereocenters. The number of aliphatic carboxylic acids is 1. The summed E-state index contributed by atoms with van der Waals surface area (Å²) in [6.45, 7) is 7.26. The number of halogens is 3. The van der Waals surface area contributed by atoms with Crippen molar-refractivity contribution in [2.75, 3.05) is 5.32 Å². The molecule has 2 unspecified atom stereocenters. The van der Waals surface area contributed by atoms with Gasteiger partial charge in [0.1, 0.15) is 12.1 Å². The highest BCUT2D eigenvalue weighted by Crippen LogP contribution is 2.30. The Labute approximate surface area is 173 Å². The molecule has 10 heteroatoms. The van der Waals surface area contributed by atoms with Crippen LogP contribution in [0.3, 0.4) is 0 Å². The Hall–Kier alpha value is -2.78. The Morgan fingerprint density at radius 2 is 1.53 bits per heavy atom. The molecule has 0 spiro atoms. The van der Waals surface area contributed by atoms with Crippen LogP contribution in [0.2, 0.25) is 0 Å². The molecule has 0 bridgehead atoms. The minimum atomic E-state index is -4.56. The van der Waals surface area contributed by atoms with Gasteiger partial charge in [0.25, 0.3) is 0 Å². The maximum absolute atomic E-state index is 12.8. The van der Waals surface area contributed by atoms with E-state index in [4.69, 9.17) is 0 Å². The van der Waals surface area contributed by atoms with E-state index in [1.807, 2.05) is 27.7 Å². The van der Waals surface area contributed by atoms with Gasteiger partial charge in [-0.3, -0.25) is 4.79 Å². The van der Waals surface area contributed by atoms with E-state index in [0.29, 0.717) is 0 Å². The second kappa shape index (κ2) is 10.8. The summed E-state index contributed by atoms with van der Waals surface area (Å²) >= 11 is 0. The molecule has 1 aromatic carbocycles. The van der Waals surface area contributed by atoms with Gasteiger partial charge >= 0.3 is 18.2 Å². The monoisotopic (exact) mass is 431 g/mol. The Balaban J connectivity index is 2.87. The van der Waals surface area contributed by atoms with Gasteiger partial charge < -0.3 is 21.1 Å². The van der Waals surface area contributed by atoms with E-state index in [1.165, 1.54) is 6.07 Å². The number of carboxylic acids is 1. The van der Waals surface area contributed by atoms with Gasteiger partial charge in [-0.05, 0) is 42.9 Å². The van der Waals surface area contributed by atoms with Crippen LogP contribution in [0.1, 0.15) is 46.1 Å². The molecule has 0 aromatic heterocycles. The van der Waals surface area contributed by atoms with Crippen LogP contribution >= 0.6 is 0 Å².